The molecule has 1 fully saturated rings. The molecule has 0 N–H and O–H groups in total. The van der Waals surface area contributed by atoms with Crippen molar-refractivity contribution in [2.75, 3.05) is 19.8 Å². The van der Waals surface area contributed by atoms with E-state index in [9.17, 15) is 0 Å². The second-order valence-corrected chi connectivity index (χ2v) is 5.03. The summed E-state index contributed by atoms with van der Waals surface area (Å²) < 4.78 is 6.94. The van der Waals surface area contributed by atoms with Gasteiger partial charge < -0.3 is 20.1 Å². The van der Waals surface area contributed by atoms with Crippen LogP contribution in [-0.2, 0) is 4.74 Å². The summed E-state index contributed by atoms with van der Waals surface area (Å²) in [5, 5.41) is 14.8. The van der Waals surface area contributed by atoms with E-state index in [4.69, 9.17) is 20.1 Å². The molecule has 1 aliphatic rings. The molecular weight excluding hydrogens is 224 g/mol. The Morgan fingerprint density at radius 3 is 1.88 bits per heavy atom. The van der Waals surface area contributed by atoms with Gasteiger partial charge in [0, 0.05) is 12.8 Å². The third kappa shape index (κ3) is 6.43. The second kappa shape index (κ2) is 7.45. The summed E-state index contributed by atoms with van der Waals surface area (Å²) in [5.41, 5.74) is 0. The predicted molar refractivity (Wildman–Crippen MR) is 65.8 cm³/mol. The molecule has 102 valence electrons. The maximum Gasteiger partial charge on any atom is 0.183 e. The van der Waals surface area contributed by atoms with Gasteiger partial charge in [0.25, 0.3) is 0 Å². The van der Waals surface area contributed by atoms with Crippen molar-refractivity contribution < 1.29 is 14.3 Å². The Bertz CT molecular complexity index is 222. The van der Waals surface area contributed by atoms with Crippen LogP contribution < -0.4 is 0 Å². The van der Waals surface area contributed by atoms with Crippen LogP contribution in [0.25, 0.3) is 0 Å². The van der Waals surface area contributed by atoms with Crippen LogP contribution >= 0.6 is 0 Å². The lowest BCUT2D eigenvalue weighted by Crippen LogP contribution is -2.52. The maximum absolute atomic E-state index is 8.25. The Morgan fingerprint density at radius 2 is 1.59 bits per heavy atom. The monoisotopic (exact) mass is 248 g/mol. The predicted octanol–water partition coefficient (Wildman–Crippen LogP) is 2.15. The Hall–Kier alpha value is -0.880. The van der Waals surface area contributed by atoms with Crippen LogP contribution in [-0.4, -0.2) is 41.5 Å². The zero-order valence-corrected chi connectivity index (χ0v) is 11.2. The topological polar surface area (TPSA) is 75.4 Å². The van der Waals surface area contributed by atoms with Crippen molar-refractivity contribution in [1.82, 2.24) is 0 Å². The highest BCUT2D eigenvalue weighted by Gasteiger charge is 2.35. The van der Waals surface area contributed by atoms with E-state index in [1.54, 1.807) is 0 Å². The van der Waals surface area contributed by atoms with Gasteiger partial charge in [0.1, 0.15) is 0 Å². The Morgan fingerprint density at radius 1 is 1.18 bits per heavy atom. The molecule has 0 aromatic carbocycles. The second-order valence-electron chi connectivity index (χ2n) is 5.03. The van der Waals surface area contributed by atoms with Crippen molar-refractivity contribution >= 4 is 0 Å². The fourth-order valence-corrected chi connectivity index (χ4v) is 2.06. The summed E-state index contributed by atoms with van der Waals surface area (Å²) in [5.74, 6) is 0. The van der Waals surface area contributed by atoms with Crippen molar-refractivity contribution in [2.45, 2.75) is 52.7 Å². The molecule has 0 atom stereocenters. The van der Waals surface area contributed by atoms with Crippen molar-refractivity contribution in [2.24, 2.45) is 0 Å². The number of hydrogen-bond acceptors (Lipinski definition) is 4. The van der Waals surface area contributed by atoms with E-state index in [1.807, 2.05) is 0 Å². The van der Waals surface area contributed by atoms with Crippen LogP contribution in [0.3, 0.4) is 0 Å². The summed E-state index contributed by atoms with van der Waals surface area (Å²) in [4.78, 5) is 8.25. The third-order valence-corrected chi connectivity index (χ3v) is 3.22. The van der Waals surface area contributed by atoms with Crippen LogP contribution in [0.15, 0.2) is 0 Å². The average molecular weight is 248 g/mol. The van der Waals surface area contributed by atoms with Gasteiger partial charge in [0.2, 0.25) is 0 Å². The zero-order valence-electron chi connectivity index (χ0n) is 11.2. The molecule has 0 bridgehead atoms. The Kier molecular flexibility index (Phi) is 7.06. The van der Waals surface area contributed by atoms with E-state index < -0.39 is 5.09 Å². The number of quaternary nitrogens is 1. The van der Waals surface area contributed by atoms with Crippen molar-refractivity contribution in [3.63, 3.8) is 0 Å². The SMILES string of the molecule is CC(C)OC[N+]1(C(C)C)CCCC1.O=[N+]([O-])[O-]. The maximum atomic E-state index is 8.25. The van der Waals surface area contributed by atoms with Gasteiger partial charge >= 0.3 is 0 Å². The molecule has 1 aliphatic heterocycles. The molecule has 1 rings (SSSR count). The molecule has 0 saturated carbocycles. The van der Waals surface area contributed by atoms with Gasteiger partial charge in [-0.3, -0.25) is 4.48 Å². The molecule has 0 aromatic rings. The first-order valence-corrected chi connectivity index (χ1v) is 6.09. The van der Waals surface area contributed by atoms with Gasteiger partial charge in [-0.2, -0.15) is 0 Å². The number of likely N-dealkylation sites (tertiary alicyclic amines) is 1. The molecule has 0 aliphatic carbocycles. The Balaban J connectivity index is 0.000000557. The molecule has 0 unspecified atom stereocenters. The smallest absolute Gasteiger partial charge is 0.183 e. The summed E-state index contributed by atoms with van der Waals surface area (Å²) in [7, 11) is 0. The van der Waals surface area contributed by atoms with Crippen LogP contribution in [0.5, 0.6) is 0 Å². The fourth-order valence-electron chi connectivity index (χ4n) is 2.06. The van der Waals surface area contributed by atoms with Crippen LogP contribution in [0, 0.1) is 15.3 Å². The Labute approximate surface area is 103 Å². The first-order valence-electron chi connectivity index (χ1n) is 6.09. The number of ether oxygens (including phenoxy) is 1. The normalized spacial score (nSPS) is 18.0. The molecule has 1 saturated heterocycles. The van der Waals surface area contributed by atoms with Crippen molar-refractivity contribution in [3.05, 3.63) is 15.3 Å². The van der Waals surface area contributed by atoms with Crippen LogP contribution in [0.4, 0.5) is 0 Å². The zero-order chi connectivity index (χ0) is 13.5. The van der Waals surface area contributed by atoms with Gasteiger partial charge in [0.15, 0.2) is 6.73 Å². The first-order chi connectivity index (χ1) is 7.80. The number of hydrogen-bond donors (Lipinski definition) is 0. The molecule has 1 heterocycles. The molecule has 0 spiro atoms. The van der Waals surface area contributed by atoms with E-state index in [0.29, 0.717) is 12.1 Å². The lowest BCUT2D eigenvalue weighted by molar-refractivity contribution is -0.954. The van der Waals surface area contributed by atoms with Crippen LogP contribution in [0.2, 0.25) is 0 Å². The standard InChI is InChI=1S/C11H24NO.NO3/c1-10(2)12(7-5-6-8-12)9-13-11(3)4;2-1(3)4/h10-11H,5-9H2,1-4H3;/q+1;-1. The van der Waals surface area contributed by atoms with Crippen LogP contribution in [0.1, 0.15) is 40.5 Å². The van der Waals surface area contributed by atoms with E-state index in [2.05, 4.69) is 27.7 Å². The fraction of sp³-hybridized carbons (Fsp3) is 1.00. The molecular formula is C11H24N2O4. The minimum Gasteiger partial charge on any atom is -0.356 e. The summed E-state index contributed by atoms with van der Waals surface area (Å²) in [6.07, 6.45) is 3.12. The summed E-state index contributed by atoms with van der Waals surface area (Å²) >= 11 is 0. The van der Waals surface area contributed by atoms with E-state index in [-0.39, 0.29) is 0 Å². The average Bonchev–Trinajstić information content (AvgIpc) is 2.63. The summed E-state index contributed by atoms with van der Waals surface area (Å²) in [6, 6.07) is 0.709. The van der Waals surface area contributed by atoms with Crippen molar-refractivity contribution in [3.8, 4) is 0 Å². The van der Waals surface area contributed by atoms with E-state index in [1.165, 1.54) is 30.4 Å². The largest absolute Gasteiger partial charge is 0.356 e. The molecule has 0 aromatic heterocycles. The highest BCUT2D eigenvalue weighted by atomic mass is 16.9. The number of rotatable bonds is 4. The molecule has 17 heavy (non-hydrogen) atoms. The van der Waals surface area contributed by atoms with E-state index >= 15 is 0 Å². The molecule has 0 amide bonds. The van der Waals surface area contributed by atoms with Gasteiger partial charge in [-0.15, -0.1) is 0 Å². The van der Waals surface area contributed by atoms with Crippen molar-refractivity contribution in [1.29, 1.82) is 0 Å². The van der Waals surface area contributed by atoms with E-state index in [0.717, 1.165) is 6.73 Å². The highest BCUT2D eigenvalue weighted by Crippen LogP contribution is 2.23. The molecule has 6 heteroatoms. The minimum atomic E-state index is -1.75. The number of nitrogens with zero attached hydrogens (tertiary/aromatic N) is 2. The van der Waals surface area contributed by atoms with Gasteiger partial charge in [0.05, 0.1) is 30.3 Å². The van der Waals surface area contributed by atoms with Gasteiger partial charge in [-0.1, -0.05) is 0 Å². The summed E-state index contributed by atoms with van der Waals surface area (Å²) in [6.45, 7) is 12.4. The first kappa shape index (κ1) is 16.1. The molecule has 6 nitrogen and oxygen atoms in total. The molecule has 0 radical (unpaired) electrons. The minimum absolute atomic E-state index is 0.370. The highest BCUT2D eigenvalue weighted by molar-refractivity contribution is 4.56. The van der Waals surface area contributed by atoms with Gasteiger partial charge in [-0.25, -0.2) is 0 Å². The van der Waals surface area contributed by atoms with Gasteiger partial charge in [-0.05, 0) is 27.7 Å². The lowest BCUT2D eigenvalue weighted by atomic mass is 10.3. The third-order valence-electron chi connectivity index (χ3n) is 3.22. The quantitative estimate of drug-likeness (QED) is 0.434. The lowest BCUT2D eigenvalue weighted by Gasteiger charge is -2.38.